The molecule has 7 heteroatoms. The molecule has 35 heavy (non-hydrogen) atoms. The Hall–Kier alpha value is -2.67. The average molecular weight is 508 g/mol. The molecule has 0 aliphatic carbocycles. The molecule has 2 aromatic carbocycles. The number of piperazine rings is 1. The lowest BCUT2D eigenvalue weighted by Gasteiger charge is -2.43. The maximum atomic E-state index is 13.7. The van der Waals surface area contributed by atoms with E-state index in [4.69, 9.17) is 11.6 Å². The molecule has 3 heterocycles. The number of fused-ring (bicyclic) bond motifs is 1. The predicted octanol–water partition coefficient (Wildman–Crippen LogP) is 5.03. The molecular formula is C28H30ClN3O2S. The first-order chi connectivity index (χ1) is 16.9. The van der Waals surface area contributed by atoms with Crippen LogP contribution in [0, 0.1) is 6.92 Å². The highest BCUT2D eigenvalue weighted by molar-refractivity contribution is 7.10. The Morgan fingerprint density at radius 1 is 0.914 bits per heavy atom. The monoisotopic (exact) mass is 507 g/mol. The lowest BCUT2D eigenvalue weighted by molar-refractivity contribution is -0.138. The van der Waals surface area contributed by atoms with Gasteiger partial charge in [0.05, 0.1) is 12.1 Å². The van der Waals surface area contributed by atoms with Crippen molar-refractivity contribution >= 4 is 34.8 Å². The first-order valence-electron chi connectivity index (χ1n) is 12.1. The number of nitrogens with zero attached hydrogens (tertiary/aromatic N) is 3. The molecule has 0 N–H and O–H groups in total. The molecule has 2 aliphatic heterocycles. The summed E-state index contributed by atoms with van der Waals surface area (Å²) in [7, 11) is 0. The van der Waals surface area contributed by atoms with Crippen LogP contribution in [0.3, 0.4) is 0 Å². The minimum atomic E-state index is -0.244. The molecule has 182 valence electrons. The largest absolute Gasteiger partial charge is 0.338 e. The fourth-order valence-electron chi connectivity index (χ4n) is 5.30. The number of carbonyl (C=O) groups excluding carboxylic acids is 2. The van der Waals surface area contributed by atoms with Crippen molar-refractivity contribution < 1.29 is 9.59 Å². The molecule has 2 unspecified atom stereocenters. The predicted molar refractivity (Wildman–Crippen MR) is 141 cm³/mol. The molecule has 5 nitrogen and oxygen atoms in total. The summed E-state index contributed by atoms with van der Waals surface area (Å²) in [6.07, 6.45) is 0.969. The van der Waals surface area contributed by atoms with E-state index >= 15 is 0 Å². The van der Waals surface area contributed by atoms with Crippen molar-refractivity contribution in [2.45, 2.75) is 32.4 Å². The van der Waals surface area contributed by atoms with Crippen molar-refractivity contribution in [3.05, 3.63) is 92.1 Å². The molecule has 2 amide bonds. The maximum absolute atomic E-state index is 13.7. The van der Waals surface area contributed by atoms with Crippen LogP contribution in [0.15, 0.2) is 60.0 Å². The van der Waals surface area contributed by atoms with Gasteiger partial charge in [-0.15, -0.1) is 11.3 Å². The van der Waals surface area contributed by atoms with E-state index < -0.39 is 0 Å². The third-order valence-electron chi connectivity index (χ3n) is 7.31. The van der Waals surface area contributed by atoms with Crippen molar-refractivity contribution in [3.63, 3.8) is 0 Å². The third-order valence-corrected chi connectivity index (χ3v) is 8.56. The lowest BCUT2D eigenvalue weighted by Crippen LogP contribution is -2.56. The van der Waals surface area contributed by atoms with Crippen LogP contribution in [0.25, 0.3) is 0 Å². The Morgan fingerprint density at radius 3 is 2.31 bits per heavy atom. The van der Waals surface area contributed by atoms with Crippen LogP contribution in [0.2, 0.25) is 5.02 Å². The van der Waals surface area contributed by atoms with E-state index in [1.54, 1.807) is 24.3 Å². The van der Waals surface area contributed by atoms with Crippen molar-refractivity contribution in [2.75, 3.05) is 32.7 Å². The van der Waals surface area contributed by atoms with Gasteiger partial charge in [0.1, 0.15) is 0 Å². The minimum absolute atomic E-state index is 0.0116. The van der Waals surface area contributed by atoms with Gasteiger partial charge in [0.25, 0.3) is 5.91 Å². The molecule has 0 saturated carbocycles. The van der Waals surface area contributed by atoms with Crippen molar-refractivity contribution in [1.29, 1.82) is 0 Å². The van der Waals surface area contributed by atoms with Gasteiger partial charge < -0.3 is 9.80 Å². The molecule has 5 rings (SSSR count). The van der Waals surface area contributed by atoms with Crippen LogP contribution in [0.1, 0.15) is 44.9 Å². The standard InChI is InChI=1S/C28H30ClN3O2S/c1-19-5-3-4-6-23(19)26-24-12-18-35-25(24)11-13-32(26)20(2)27(33)30-14-16-31(17-15-30)28(34)21-7-9-22(29)10-8-21/h3-10,12,18,20,26H,11,13-17H2,1-2H3. The Labute approximate surface area is 215 Å². The second kappa shape index (κ2) is 10.1. The quantitative estimate of drug-likeness (QED) is 0.497. The zero-order valence-corrected chi connectivity index (χ0v) is 21.7. The maximum Gasteiger partial charge on any atom is 0.253 e. The van der Waals surface area contributed by atoms with E-state index in [2.05, 4.69) is 47.5 Å². The van der Waals surface area contributed by atoms with Gasteiger partial charge in [-0.1, -0.05) is 35.9 Å². The third kappa shape index (κ3) is 4.75. The molecule has 2 atom stereocenters. The summed E-state index contributed by atoms with van der Waals surface area (Å²) in [6.45, 7) is 7.22. The summed E-state index contributed by atoms with van der Waals surface area (Å²) in [5.41, 5.74) is 4.47. The van der Waals surface area contributed by atoms with Crippen LogP contribution in [-0.4, -0.2) is 65.3 Å². The summed E-state index contributed by atoms with van der Waals surface area (Å²) in [4.78, 5) is 34.1. The van der Waals surface area contributed by atoms with Crippen LogP contribution in [0.5, 0.6) is 0 Å². The first kappa shape index (κ1) is 24.0. The number of aryl methyl sites for hydroxylation is 1. The smallest absolute Gasteiger partial charge is 0.253 e. The van der Waals surface area contributed by atoms with Crippen molar-refractivity contribution in [2.24, 2.45) is 0 Å². The van der Waals surface area contributed by atoms with Gasteiger partial charge in [0.15, 0.2) is 0 Å². The molecule has 3 aromatic rings. The number of rotatable bonds is 4. The number of halogens is 1. The Balaban J connectivity index is 1.30. The summed E-state index contributed by atoms with van der Waals surface area (Å²) in [5.74, 6) is 0.128. The van der Waals surface area contributed by atoms with Crippen LogP contribution in [0.4, 0.5) is 0 Å². The van der Waals surface area contributed by atoms with E-state index in [1.807, 2.05) is 28.1 Å². The Kier molecular flexibility index (Phi) is 6.96. The van der Waals surface area contributed by atoms with Gasteiger partial charge in [0, 0.05) is 48.2 Å². The number of amides is 2. The topological polar surface area (TPSA) is 43.9 Å². The molecule has 2 aliphatic rings. The fraction of sp³-hybridized carbons (Fsp3) is 0.357. The highest BCUT2D eigenvalue weighted by Crippen LogP contribution is 2.40. The second-order valence-electron chi connectivity index (χ2n) is 9.35. The van der Waals surface area contributed by atoms with Gasteiger partial charge in [-0.3, -0.25) is 14.5 Å². The molecule has 0 bridgehead atoms. The summed E-state index contributed by atoms with van der Waals surface area (Å²) < 4.78 is 0. The van der Waals surface area contributed by atoms with Crippen molar-refractivity contribution in [1.82, 2.24) is 14.7 Å². The average Bonchev–Trinajstić information content (AvgIpc) is 3.37. The van der Waals surface area contributed by atoms with Gasteiger partial charge in [-0.25, -0.2) is 0 Å². The summed E-state index contributed by atoms with van der Waals surface area (Å²) >= 11 is 7.77. The van der Waals surface area contributed by atoms with Gasteiger partial charge >= 0.3 is 0 Å². The normalized spacial score (nSPS) is 19.3. The van der Waals surface area contributed by atoms with E-state index in [0.29, 0.717) is 36.8 Å². The van der Waals surface area contributed by atoms with E-state index in [-0.39, 0.29) is 23.9 Å². The number of hydrogen-bond acceptors (Lipinski definition) is 4. The lowest BCUT2D eigenvalue weighted by atomic mass is 9.89. The second-order valence-corrected chi connectivity index (χ2v) is 10.8. The molecule has 0 radical (unpaired) electrons. The van der Waals surface area contributed by atoms with Crippen LogP contribution < -0.4 is 0 Å². The summed E-state index contributed by atoms with van der Waals surface area (Å²) in [6, 6.07) is 17.5. The zero-order chi connectivity index (χ0) is 24.5. The van der Waals surface area contributed by atoms with Crippen LogP contribution in [-0.2, 0) is 11.2 Å². The number of thiophene rings is 1. The van der Waals surface area contributed by atoms with Gasteiger partial charge in [-0.05, 0) is 72.7 Å². The fourth-order valence-corrected chi connectivity index (χ4v) is 6.33. The molecule has 1 fully saturated rings. The van der Waals surface area contributed by atoms with E-state index in [9.17, 15) is 9.59 Å². The van der Waals surface area contributed by atoms with E-state index in [1.165, 1.54) is 21.6 Å². The Morgan fingerprint density at radius 2 is 1.60 bits per heavy atom. The number of benzene rings is 2. The number of hydrogen-bond donors (Lipinski definition) is 0. The van der Waals surface area contributed by atoms with Crippen molar-refractivity contribution in [3.8, 4) is 0 Å². The summed E-state index contributed by atoms with van der Waals surface area (Å²) in [5, 5.41) is 2.78. The van der Waals surface area contributed by atoms with Gasteiger partial charge in [-0.2, -0.15) is 0 Å². The molecule has 1 saturated heterocycles. The molecule has 1 aromatic heterocycles. The first-order valence-corrected chi connectivity index (χ1v) is 13.4. The zero-order valence-electron chi connectivity index (χ0n) is 20.1. The highest BCUT2D eigenvalue weighted by Gasteiger charge is 2.38. The minimum Gasteiger partial charge on any atom is -0.338 e. The van der Waals surface area contributed by atoms with Gasteiger partial charge in [0.2, 0.25) is 5.91 Å². The molecular weight excluding hydrogens is 478 g/mol. The Bertz CT molecular complexity index is 1220. The van der Waals surface area contributed by atoms with Crippen LogP contribution >= 0.6 is 22.9 Å². The highest BCUT2D eigenvalue weighted by atomic mass is 35.5. The molecule has 0 spiro atoms. The SMILES string of the molecule is Cc1ccccc1C1c2ccsc2CCN1C(C)C(=O)N1CCN(C(=O)c2ccc(Cl)cc2)CC1. The van der Waals surface area contributed by atoms with E-state index in [0.717, 1.165) is 13.0 Å². The number of carbonyl (C=O) groups is 2.